The number of nitrogens with zero attached hydrogens (tertiary/aromatic N) is 1. The van der Waals surface area contributed by atoms with Crippen LogP contribution in [0.2, 0.25) is 0 Å². The van der Waals surface area contributed by atoms with Crippen LogP contribution in [0.1, 0.15) is 19.4 Å². The van der Waals surface area contributed by atoms with Crippen LogP contribution >= 0.6 is 0 Å². The summed E-state index contributed by atoms with van der Waals surface area (Å²) in [5.74, 6) is 0.0513. The van der Waals surface area contributed by atoms with Gasteiger partial charge >= 0.3 is 0 Å². The summed E-state index contributed by atoms with van der Waals surface area (Å²) in [7, 11) is 1.99. The number of aromatic nitrogens is 1. The Morgan fingerprint density at radius 1 is 1.50 bits per heavy atom. The topological polar surface area (TPSA) is 22.0 Å². The first kappa shape index (κ1) is 12.2. The van der Waals surface area contributed by atoms with E-state index in [2.05, 4.69) is 6.58 Å². The molecule has 1 heterocycles. The summed E-state index contributed by atoms with van der Waals surface area (Å²) < 4.78 is 2.04. The van der Waals surface area contributed by atoms with Crippen molar-refractivity contribution in [3.63, 3.8) is 0 Å². The molecule has 0 fully saturated rings. The summed E-state index contributed by atoms with van der Waals surface area (Å²) in [6, 6.07) is 0. The minimum atomic E-state index is 0.0513. The molecular weight excluding hydrogens is 198 g/mol. The third-order valence-electron chi connectivity index (χ3n) is 2.36. The molecule has 0 saturated heterocycles. The van der Waals surface area contributed by atoms with Gasteiger partial charge in [0.1, 0.15) is 0 Å². The Kier molecular flexibility index (Phi) is 4.06. The first-order valence-corrected chi connectivity index (χ1v) is 5.23. The van der Waals surface area contributed by atoms with Gasteiger partial charge in [-0.1, -0.05) is 24.8 Å². The Morgan fingerprint density at radius 2 is 2.19 bits per heavy atom. The van der Waals surface area contributed by atoms with E-state index in [4.69, 9.17) is 0 Å². The second-order valence-electron chi connectivity index (χ2n) is 3.63. The standard InChI is InChI=1S/C14H17NO/c1-5-7-13-12(9-8-11(3)16)10-15(4)14(13)6-2/h5-10H,1H2,2-4H3/b9-8+,13-7-,14-6+. The van der Waals surface area contributed by atoms with Crippen LogP contribution in [0.5, 0.6) is 0 Å². The van der Waals surface area contributed by atoms with Gasteiger partial charge in [-0.3, -0.25) is 4.79 Å². The zero-order chi connectivity index (χ0) is 12.1. The van der Waals surface area contributed by atoms with Crippen molar-refractivity contribution in [2.45, 2.75) is 13.8 Å². The number of ketones is 1. The van der Waals surface area contributed by atoms with Crippen molar-refractivity contribution in [1.82, 2.24) is 4.57 Å². The van der Waals surface area contributed by atoms with Gasteiger partial charge in [0, 0.05) is 29.4 Å². The van der Waals surface area contributed by atoms with E-state index in [-0.39, 0.29) is 5.78 Å². The largest absolute Gasteiger partial charge is 0.350 e. The van der Waals surface area contributed by atoms with Crippen molar-refractivity contribution in [3.8, 4) is 0 Å². The predicted octanol–water partition coefficient (Wildman–Crippen LogP) is 1.39. The summed E-state index contributed by atoms with van der Waals surface area (Å²) in [5, 5.41) is 2.22. The van der Waals surface area contributed by atoms with Crippen LogP contribution in [0.4, 0.5) is 0 Å². The van der Waals surface area contributed by atoms with Gasteiger partial charge in [0.15, 0.2) is 5.78 Å². The van der Waals surface area contributed by atoms with Crippen LogP contribution in [0.3, 0.4) is 0 Å². The second-order valence-corrected chi connectivity index (χ2v) is 3.63. The fraction of sp³-hybridized carbons (Fsp3) is 0.214. The maximum atomic E-state index is 10.9. The molecule has 0 aliphatic heterocycles. The van der Waals surface area contributed by atoms with E-state index >= 15 is 0 Å². The quantitative estimate of drug-likeness (QED) is 0.698. The fourth-order valence-electron chi connectivity index (χ4n) is 1.68. The lowest BCUT2D eigenvalue weighted by molar-refractivity contribution is -0.112. The highest BCUT2D eigenvalue weighted by Crippen LogP contribution is 1.94. The van der Waals surface area contributed by atoms with Gasteiger partial charge in [0.05, 0.1) is 0 Å². The number of hydrogen-bond donors (Lipinski definition) is 0. The molecule has 1 aromatic rings. The van der Waals surface area contributed by atoms with E-state index < -0.39 is 0 Å². The first-order chi connectivity index (χ1) is 7.60. The number of hydrogen-bond acceptors (Lipinski definition) is 1. The highest BCUT2D eigenvalue weighted by Gasteiger charge is 1.98. The van der Waals surface area contributed by atoms with Crippen LogP contribution in [-0.2, 0) is 11.8 Å². The predicted molar refractivity (Wildman–Crippen MR) is 69.2 cm³/mol. The van der Waals surface area contributed by atoms with Crippen LogP contribution in [0.15, 0.2) is 24.9 Å². The molecule has 0 amide bonds. The number of carbonyl (C=O) groups is 1. The first-order valence-electron chi connectivity index (χ1n) is 5.23. The van der Waals surface area contributed by atoms with Gasteiger partial charge in [-0.15, -0.1) is 0 Å². The smallest absolute Gasteiger partial charge is 0.152 e. The number of rotatable bonds is 3. The molecule has 0 aromatic carbocycles. The maximum Gasteiger partial charge on any atom is 0.152 e. The van der Waals surface area contributed by atoms with Crippen molar-refractivity contribution >= 4 is 24.0 Å². The van der Waals surface area contributed by atoms with Crippen LogP contribution in [0.25, 0.3) is 18.2 Å². The van der Waals surface area contributed by atoms with Gasteiger partial charge in [-0.25, -0.2) is 0 Å². The molecule has 0 spiro atoms. The van der Waals surface area contributed by atoms with Crippen molar-refractivity contribution in [2.24, 2.45) is 7.05 Å². The summed E-state index contributed by atoms with van der Waals surface area (Å²) in [5.41, 5.74) is 1.03. The molecule has 0 saturated carbocycles. The third kappa shape index (κ3) is 2.60. The van der Waals surface area contributed by atoms with E-state index in [0.717, 1.165) is 16.1 Å². The van der Waals surface area contributed by atoms with Crippen molar-refractivity contribution in [2.75, 3.05) is 0 Å². The summed E-state index contributed by atoms with van der Waals surface area (Å²) in [6.45, 7) is 7.25. The lowest BCUT2D eigenvalue weighted by atomic mass is 10.2. The molecule has 1 rings (SSSR count). The molecule has 0 bridgehead atoms. The molecule has 0 aliphatic carbocycles. The van der Waals surface area contributed by atoms with Gasteiger partial charge in [-0.2, -0.15) is 0 Å². The Bertz CT molecular complexity index is 544. The molecule has 0 aliphatic rings. The van der Waals surface area contributed by atoms with Crippen LogP contribution < -0.4 is 10.6 Å². The summed E-state index contributed by atoms with van der Waals surface area (Å²) >= 11 is 0. The van der Waals surface area contributed by atoms with Gasteiger partial charge in [0.25, 0.3) is 0 Å². The van der Waals surface area contributed by atoms with Gasteiger partial charge in [-0.05, 0) is 26.0 Å². The summed E-state index contributed by atoms with van der Waals surface area (Å²) in [4.78, 5) is 10.9. The average Bonchev–Trinajstić information content (AvgIpc) is 2.52. The zero-order valence-corrected chi connectivity index (χ0v) is 10.0. The highest BCUT2D eigenvalue weighted by molar-refractivity contribution is 5.91. The molecule has 0 unspecified atom stereocenters. The Balaban J connectivity index is 3.48. The minimum absolute atomic E-state index is 0.0513. The van der Waals surface area contributed by atoms with E-state index in [9.17, 15) is 4.79 Å². The lowest BCUT2D eigenvalue weighted by Gasteiger charge is -1.87. The van der Waals surface area contributed by atoms with Gasteiger partial charge < -0.3 is 4.57 Å². The molecular formula is C14H17NO. The molecule has 2 heteroatoms. The number of aryl methyl sites for hydroxylation is 1. The van der Waals surface area contributed by atoms with Crippen molar-refractivity contribution in [3.05, 3.63) is 41.1 Å². The molecule has 84 valence electrons. The van der Waals surface area contributed by atoms with Crippen molar-refractivity contribution < 1.29 is 4.79 Å². The molecule has 16 heavy (non-hydrogen) atoms. The van der Waals surface area contributed by atoms with E-state index in [0.29, 0.717) is 0 Å². The highest BCUT2D eigenvalue weighted by atomic mass is 16.1. The molecule has 1 aromatic heterocycles. The van der Waals surface area contributed by atoms with Crippen molar-refractivity contribution in [1.29, 1.82) is 0 Å². The van der Waals surface area contributed by atoms with Gasteiger partial charge in [0.2, 0.25) is 0 Å². The Labute approximate surface area is 95.9 Å². The van der Waals surface area contributed by atoms with E-state index in [1.807, 2.05) is 43.0 Å². The molecule has 2 nitrogen and oxygen atoms in total. The minimum Gasteiger partial charge on any atom is -0.350 e. The zero-order valence-electron chi connectivity index (χ0n) is 10.0. The number of carbonyl (C=O) groups excluding carboxylic acids is 1. The fourth-order valence-corrected chi connectivity index (χ4v) is 1.68. The normalized spacial score (nSPS) is 13.7. The molecule has 0 atom stereocenters. The Hall–Kier alpha value is -1.83. The maximum absolute atomic E-state index is 10.9. The molecule has 0 N–H and O–H groups in total. The molecule has 0 radical (unpaired) electrons. The van der Waals surface area contributed by atoms with Crippen LogP contribution in [0, 0.1) is 0 Å². The lowest BCUT2D eigenvalue weighted by Crippen LogP contribution is -2.27. The third-order valence-corrected chi connectivity index (χ3v) is 2.36. The van der Waals surface area contributed by atoms with Crippen LogP contribution in [-0.4, -0.2) is 10.4 Å². The van der Waals surface area contributed by atoms with E-state index in [1.54, 1.807) is 19.1 Å². The second kappa shape index (κ2) is 5.31. The SMILES string of the molecule is C=C/C=c1/c(/C=C/C(C)=O)cn(C)/c1=C/C. The average molecular weight is 215 g/mol. The summed E-state index contributed by atoms with van der Waals surface area (Å²) in [6.07, 6.45) is 11.2. The number of allylic oxidation sites excluding steroid dienone is 2. The monoisotopic (exact) mass is 215 g/mol. The van der Waals surface area contributed by atoms with E-state index in [1.165, 1.54) is 0 Å². The Morgan fingerprint density at radius 3 is 2.69 bits per heavy atom.